The predicted molar refractivity (Wildman–Crippen MR) is 137 cm³/mol. The van der Waals surface area contributed by atoms with Crippen molar-refractivity contribution in [2.45, 2.75) is 51.1 Å². The summed E-state index contributed by atoms with van der Waals surface area (Å²) in [4.78, 5) is 5.08. The van der Waals surface area contributed by atoms with Crippen molar-refractivity contribution in [3.63, 3.8) is 0 Å². The third kappa shape index (κ3) is 6.08. The molecule has 0 aromatic heterocycles. The van der Waals surface area contributed by atoms with Crippen LogP contribution in [0.5, 0.6) is 11.5 Å². The van der Waals surface area contributed by atoms with Crippen molar-refractivity contribution in [2.75, 3.05) is 47.4 Å². The molecule has 2 N–H and O–H groups in total. The van der Waals surface area contributed by atoms with Crippen LogP contribution in [0.2, 0.25) is 0 Å². The quantitative estimate of drug-likeness (QED) is 0.541. The molecule has 33 heavy (non-hydrogen) atoms. The molecular formula is C28H43N3O2. The lowest BCUT2D eigenvalue weighted by atomic mass is 9.63. The Labute approximate surface area is 200 Å². The molecule has 1 aliphatic rings. The van der Waals surface area contributed by atoms with Crippen LogP contribution in [-0.4, -0.2) is 63.3 Å². The van der Waals surface area contributed by atoms with Crippen LogP contribution >= 0.6 is 0 Å². The Bertz CT molecular complexity index is 859. The van der Waals surface area contributed by atoms with Gasteiger partial charge >= 0.3 is 0 Å². The first kappa shape index (κ1) is 25.5. The molecule has 0 unspecified atom stereocenters. The van der Waals surface area contributed by atoms with Gasteiger partial charge in [0.15, 0.2) is 11.5 Å². The lowest BCUT2D eigenvalue weighted by Crippen LogP contribution is -2.52. The van der Waals surface area contributed by atoms with E-state index >= 15 is 0 Å². The lowest BCUT2D eigenvalue weighted by Gasteiger charge is -2.50. The molecule has 0 aliphatic carbocycles. The summed E-state index contributed by atoms with van der Waals surface area (Å²) >= 11 is 0. The first-order valence-corrected chi connectivity index (χ1v) is 12.3. The molecule has 1 saturated heterocycles. The van der Waals surface area contributed by atoms with Gasteiger partial charge in [0.05, 0.1) is 14.2 Å². The number of piperidine rings is 1. The Balaban J connectivity index is 1.82. The molecule has 0 radical (unpaired) electrons. The zero-order chi connectivity index (χ0) is 23.8. The minimum atomic E-state index is 0.186. The van der Waals surface area contributed by atoms with Crippen LogP contribution in [0.4, 0.5) is 0 Å². The van der Waals surface area contributed by atoms with E-state index in [0.29, 0.717) is 18.5 Å². The number of ether oxygens (including phenoxy) is 2. The SMILES string of the molecule is COc1ccc(CN(CCCN)CC[C@]2(c3ccccc3)C[C@@H](C)N(C)C[C@H]2C)cc1OC. The Morgan fingerprint density at radius 3 is 2.42 bits per heavy atom. The maximum atomic E-state index is 5.90. The van der Waals surface area contributed by atoms with E-state index in [-0.39, 0.29) is 5.41 Å². The molecule has 1 heterocycles. The average Bonchev–Trinajstić information content (AvgIpc) is 2.84. The smallest absolute Gasteiger partial charge is 0.161 e. The molecule has 0 amide bonds. The van der Waals surface area contributed by atoms with Crippen LogP contribution < -0.4 is 15.2 Å². The van der Waals surface area contributed by atoms with Gasteiger partial charge in [-0.2, -0.15) is 0 Å². The van der Waals surface area contributed by atoms with E-state index in [4.69, 9.17) is 15.2 Å². The first-order valence-electron chi connectivity index (χ1n) is 12.3. The molecule has 0 spiro atoms. The van der Waals surface area contributed by atoms with E-state index in [2.05, 4.69) is 73.2 Å². The lowest BCUT2D eigenvalue weighted by molar-refractivity contribution is 0.0600. The standard InChI is InChI=1S/C28H43N3O2/c1-22-20-30(3)23(2)19-28(22,25-10-7-6-8-11-25)14-17-31(16-9-15-29)21-24-12-13-26(32-4)27(18-24)33-5/h6-8,10-13,18,22-23H,9,14-17,19-21,29H2,1-5H3/t22-,23-,28+/m1/s1. The molecule has 2 aromatic rings. The largest absolute Gasteiger partial charge is 0.493 e. The molecule has 0 saturated carbocycles. The van der Waals surface area contributed by atoms with E-state index in [1.165, 1.54) is 17.5 Å². The van der Waals surface area contributed by atoms with Gasteiger partial charge in [-0.1, -0.05) is 43.3 Å². The Morgan fingerprint density at radius 2 is 1.76 bits per heavy atom. The number of hydrogen-bond donors (Lipinski definition) is 1. The molecule has 3 atom stereocenters. The number of likely N-dealkylation sites (tertiary alicyclic amines) is 1. The van der Waals surface area contributed by atoms with Crippen molar-refractivity contribution in [3.8, 4) is 11.5 Å². The highest BCUT2D eigenvalue weighted by molar-refractivity contribution is 5.42. The Morgan fingerprint density at radius 1 is 1.03 bits per heavy atom. The summed E-state index contributed by atoms with van der Waals surface area (Å²) < 4.78 is 11.0. The molecular weight excluding hydrogens is 410 g/mol. The van der Waals surface area contributed by atoms with Crippen molar-refractivity contribution >= 4 is 0 Å². The normalized spacial score (nSPS) is 23.6. The van der Waals surface area contributed by atoms with Crippen molar-refractivity contribution in [2.24, 2.45) is 11.7 Å². The van der Waals surface area contributed by atoms with Crippen LogP contribution in [0.3, 0.4) is 0 Å². The van der Waals surface area contributed by atoms with Gasteiger partial charge in [0.2, 0.25) is 0 Å². The van der Waals surface area contributed by atoms with E-state index in [1.54, 1.807) is 14.2 Å². The van der Waals surface area contributed by atoms with Gasteiger partial charge in [0.1, 0.15) is 0 Å². The molecule has 2 aromatic carbocycles. The second kappa shape index (κ2) is 11.9. The summed E-state index contributed by atoms with van der Waals surface area (Å²) in [5, 5.41) is 0. The maximum Gasteiger partial charge on any atom is 0.161 e. The van der Waals surface area contributed by atoms with Crippen molar-refractivity contribution < 1.29 is 9.47 Å². The van der Waals surface area contributed by atoms with Gasteiger partial charge < -0.3 is 20.1 Å². The van der Waals surface area contributed by atoms with Crippen molar-refractivity contribution in [1.82, 2.24) is 9.80 Å². The van der Waals surface area contributed by atoms with E-state index in [1.807, 2.05) is 6.07 Å². The summed E-state index contributed by atoms with van der Waals surface area (Å²) in [7, 11) is 5.64. The van der Waals surface area contributed by atoms with E-state index in [0.717, 1.165) is 50.5 Å². The van der Waals surface area contributed by atoms with Gasteiger partial charge in [-0.25, -0.2) is 0 Å². The van der Waals surface area contributed by atoms with Crippen LogP contribution in [0, 0.1) is 5.92 Å². The molecule has 5 heteroatoms. The number of rotatable bonds is 11. The summed E-state index contributed by atoms with van der Waals surface area (Å²) in [6, 6.07) is 18.0. The summed E-state index contributed by atoms with van der Waals surface area (Å²) in [5.41, 5.74) is 8.81. The third-order valence-electron chi connectivity index (χ3n) is 7.67. The highest BCUT2D eigenvalue weighted by atomic mass is 16.5. The minimum absolute atomic E-state index is 0.186. The summed E-state index contributed by atoms with van der Waals surface area (Å²) in [5.74, 6) is 2.15. The molecule has 182 valence electrons. The predicted octanol–water partition coefficient (Wildman–Crippen LogP) is 4.54. The fourth-order valence-electron chi connectivity index (χ4n) is 5.52. The van der Waals surface area contributed by atoms with Crippen LogP contribution in [0.25, 0.3) is 0 Å². The van der Waals surface area contributed by atoms with Crippen LogP contribution in [-0.2, 0) is 12.0 Å². The zero-order valence-corrected chi connectivity index (χ0v) is 21.2. The van der Waals surface area contributed by atoms with Gasteiger partial charge in [-0.05, 0) is 82.0 Å². The molecule has 1 fully saturated rings. The summed E-state index contributed by atoms with van der Waals surface area (Å²) in [6.45, 7) is 9.59. The number of nitrogens with zero attached hydrogens (tertiary/aromatic N) is 2. The zero-order valence-electron chi connectivity index (χ0n) is 21.2. The van der Waals surface area contributed by atoms with Crippen LogP contribution in [0.15, 0.2) is 48.5 Å². The molecule has 0 bridgehead atoms. The van der Waals surface area contributed by atoms with Gasteiger partial charge in [-0.3, -0.25) is 4.90 Å². The van der Waals surface area contributed by atoms with Crippen LogP contribution in [0.1, 0.15) is 44.2 Å². The molecule has 5 nitrogen and oxygen atoms in total. The number of hydrogen-bond acceptors (Lipinski definition) is 5. The van der Waals surface area contributed by atoms with Gasteiger partial charge in [0.25, 0.3) is 0 Å². The topological polar surface area (TPSA) is 51.0 Å². The highest BCUT2D eigenvalue weighted by Gasteiger charge is 2.43. The van der Waals surface area contributed by atoms with Gasteiger partial charge in [-0.15, -0.1) is 0 Å². The summed E-state index contributed by atoms with van der Waals surface area (Å²) in [6.07, 6.45) is 3.34. The Hall–Kier alpha value is -2.08. The number of nitrogens with two attached hydrogens (primary N) is 1. The first-order chi connectivity index (χ1) is 15.9. The number of methoxy groups -OCH3 is 2. The van der Waals surface area contributed by atoms with Gasteiger partial charge in [0, 0.05) is 24.5 Å². The third-order valence-corrected chi connectivity index (χ3v) is 7.67. The number of benzene rings is 2. The fraction of sp³-hybridized carbons (Fsp3) is 0.571. The molecule has 1 aliphatic heterocycles. The second-order valence-corrected chi connectivity index (χ2v) is 9.77. The average molecular weight is 454 g/mol. The fourth-order valence-corrected chi connectivity index (χ4v) is 5.52. The van der Waals surface area contributed by atoms with E-state index in [9.17, 15) is 0 Å². The second-order valence-electron chi connectivity index (χ2n) is 9.77. The molecule has 3 rings (SSSR count). The minimum Gasteiger partial charge on any atom is -0.493 e. The van der Waals surface area contributed by atoms with E-state index < -0.39 is 0 Å². The van der Waals surface area contributed by atoms with Crippen molar-refractivity contribution in [3.05, 3.63) is 59.7 Å². The monoisotopic (exact) mass is 453 g/mol. The maximum absolute atomic E-state index is 5.90. The Kier molecular flexibility index (Phi) is 9.19. The van der Waals surface area contributed by atoms with Crippen molar-refractivity contribution in [1.29, 1.82) is 0 Å². The highest BCUT2D eigenvalue weighted by Crippen LogP contribution is 2.44.